The fraction of sp³-hybridized carbons (Fsp3) is 0.763. The molecule has 0 aliphatic carbocycles. The van der Waals surface area contributed by atoms with Crippen molar-refractivity contribution in [3.8, 4) is 0 Å². The van der Waals surface area contributed by atoms with Crippen molar-refractivity contribution < 1.29 is 48.0 Å². The molecule has 0 amide bonds. The topological polar surface area (TPSA) is 186 Å². The summed E-state index contributed by atoms with van der Waals surface area (Å²) in [6, 6.07) is 2.43. The summed E-state index contributed by atoms with van der Waals surface area (Å²) >= 11 is 5.95. The van der Waals surface area contributed by atoms with E-state index >= 15 is 0 Å². The number of aromatic nitrogens is 1. The molecule has 5 heterocycles. The van der Waals surface area contributed by atoms with Crippen LogP contribution in [0.25, 0.3) is 0 Å². The Morgan fingerprint density at radius 2 is 1.85 bits per heavy atom. The number of likely N-dealkylation sites (N-methyl/N-ethyl adjacent to an activating group) is 1. The maximum atomic E-state index is 14.4. The van der Waals surface area contributed by atoms with E-state index in [1.54, 1.807) is 39.1 Å². The SMILES string of the molecule is CC[C@H]1OC(=O)[C@H](C)[C@H]2C[C@@H](OC3O[C@H](C)C[C@H](N(C)C)[C@H]3O)[C@](C)(C[C@@H](C)C(=O)[C@H](C)C3N=C(N)OC31C)OC/C(=N/OCc1ccc(Cl)nc1)CO2. The summed E-state index contributed by atoms with van der Waals surface area (Å²) in [7, 11) is 3.81. The first-order chi connectivity index (χ1) is 25.4. The second-order valence-electron chi connectivity index (χ2n) is 15.9. The van der Waals surface area contributed by atoms with Crippen molar-refractivity contribution in [2.75, 3.05) is 27.3 Å². The second kappa shape index (κ2) is 17.5. The third-order valence-corrected chi connectivity index (χ3v) is 11.7. The van der Waals surface area contributed by atoms with E-state index in [-0.39, 0.29) is 56.6 Å². The summed E-state index contributed by atoms with van der Waals surface area (Å²) in [6.45, 7) is 12.9. The number of nitrogens with zero attached hydrogens (tertiary/aromatic N) is 4. The Labute approximate surface area is 323 Å². The molecule has 0 saturated carbocycles. The van der Waals surface area contributed by atoms with Crippen LogP contribution in [0.1, 0.15) is 79.7 Å². The molecule has 3 saturated heterocycles. The van der Waals surface area contributed by atoms with Gasteiger partial charge < -0.3 is 49.0 Å². The number of Topliss-reactive ketones (excluding diaryl/α,β-unsaturated/α-hetero) is 1. The Morgan fingerprint density at radius 3 is 2.52 bits per heavy atom. The largest absolute Gasteiger partial charge is 0.458 e. The molecular formula is C38H58ClN5O10. The van der Waals surface area contributed by atoms with Crippen molar-refractivity contribution in [3.05, 3.63) is 29.0 Å². The van der Waals surface area contributed by atoms with Crippen LogP contribution in [0.2, 0.25) is 5.15 Å². The smallest absolute Gasteiger partial charge is 0.311 e. The first kappa shape index (κ1) is 42.2. The van der Waals surface area contributed by atoms with Gasteiger partial charge in [0.2, 0.25) is 0 Å². The van der Waals surface area contributed by atoms with Crippen LogP contribution in [0, 0.1) is 17.8 Å². The Bertz CT molecular complexity index is 1530. The van der Waals surface area contributed by atoms with Crippen molar-refractivity contribution in [3.63, 3.8) is 0 Å². The predicted molar refractivity (Wildman–Crippen MR) is 200 cm³/mol. The molecule has 3 unspecified atom stereocenters. The lowest BCUT2D eigenvalue weighted by Crippen LogP contribution is -2.58. The number of halogens is 1. The van der Waals surface area contributed by atoms with Gasteiger partial charge in [-0.25, -0.2) is 9.98 Å². The average Bonchev–Trinajstić information content (AvgIpc) is 3.46. The number of nitrogens with two attached hydrogens (primary N) is 1. The van der Waals surface area contributed by atoms with Crippen LogP contribution in [0.5, 0.6) is 0 Å². The summed E-state index contributed by atoms with van der Waals surface area (Å²) in [5.74, 6) is -2.68. The van der Waals surface area contributed by atoms with E-state index in [1.807, 2.05) is 46.7 Å². The van der Waals surface area contributed by atoms with Crippen molar-refractivity contribution in [2.45, 2.75) is 141 Å². The summed E-state index contributed by atoms with van der Waals surface area (Å²) in [4.78, 5) is 44.9. The third kappa shape index (κ3) is 9.36. The number of aliphatic hydroxyl groups excluding tert-OH is 1. The van der Waals surface area contributed by atoms with Crippen LogP contribution in [-0.2, 0) is 49.5 Å². The normalized spacial score (nSPS) is 40.5. The fourth-order valence-electron chi connectivity index (χ4n) is 8.17. The Kier molecular flexibility index (Phi) is 13.7. The van der Waals surface area contributed by atoms with Gasteiger partial charge in [-0.3, -0.25) is 9.59 Å². The number of aliphatic imine (C=N–C) groups is 1. The van der Waals surface area contributed by atoms with E-state index in [2.05, 4.69) is 15.1 Å². The first-order valence-electron chi connectivity index (χ1n) is 18.9. The van der Waals surface area contributed by atoms with Crippen LogP contribution in [0.4, 0.5) is 0 Å². The Balaban J connectivity index is 1.56. The molecule has 5 rings (SSSR count). The summed E-state index contributed by atoms with van der Waals surface area (Å²) < 4.78 is 38.6. The standard InChI is InChI=1S/C38H58ClN5O10/c1-10-28-38(7)33(42-36(40)54-38)23(5)31(45)20(2)15-37(6)29(53-35-32(46)26(44(8)9)13-21(3)51-35)14-27(22(4)34(47)52-28)48-18-25(19-49-37)43-50-17-24-11-12-30(39)41-16-24/h11-12,16,20-23,26-29,32-33,35,46H,10,13-15,17-19H2,1-9H3,(H2,40,42)/b43-25+/t20-,21-,22-,23+,26+,27-,28-,29-,32-,33?,35?,37+,38?/m1/s1. The number of hydrogen-bond donors (Lipinski definition) is 2. The average molecular weight is 780 g/mol. The number of rotatable bonds is 7. The molecule has 1 aromatic rings. The van der Waals surface area contributed by atoms with E-state index in [9.17, 15) is 14.7 Å². The maximum Gasteiger partial charge on any atom is 0.311 e. The molecular weight excluding hydrogens is 722 g/mol. The number of ether oxygens (including phenoxy) is 6. The molecule has 4 aliphatic rings. The molecule has 54 heavy (non-hydrogen) atoms. The number of esters is 1. The highest BCUT2D eigenvalue weighted by molar-refractivity contribution is 6.29. The summed E-state index contributed by atoms with van der Waals surface area (Å²) in [5, 5.41) is 16.3. The molecule has 302 valence electrons. The minimum atomic E-state index is -1.20. The molecule has 0 aromatic carbocycles. The predicted octanol–water partition coefficient (Wildman–Crippen LogP) is 3.66. The van der Waals surface area contributed by atoms with Gasteiger partial charge in [-0.15, -0.1) is 0 Å². The number of pyridine rings is 1. The lowest BCUT2D eigenvalue weighted by molar-refractivity contribution is -0.294. The van der Waals surface area contributed by atoms with Gasteiger partial charge in [0.05, 0.1) is 43.0 Å². The number of oxime groups is 1. The molecule has 3 N–H and O–H groups in total. The number of hydrogen-bond acceptors (Lipinski definition) is 15. The van der Waals surface area contributed by atoms with Gasteiger partial charge in [0.15, 0.2) is 11.9 Å². The highest BCUT2D eigenvalue weighted by Gasteiger charge is 2.55. The van der Waals surface area contributed by atoms with Gasteiger partial charge >= 0.3 is 5.97 Å². The zero-order valence-corrected chi connectivity index (χ0v) is 33.7. The van der Waals surface area contributed by atoms with Gasteiger partial charge in [-0.1, -0.05) is 43.6 Å². The minimum absolute atomic E-state index is 0.0394. The molecule has 13 atom stereocenters. The monoisotopic (exact) mass is 779 g/mol. The first-order valence-corrected chi connectivity index (χ1v) is 19.3. The second-order valence-corrected chi connectivity index (χ2v) is 16.3. The Morgan fingerprint density at radius 1 is 1.11 bits per heavy atom. The van der Waals surface area contributed by atoms with Crippen LogP contribution in [-0.4, -0.2) is 126 Å². The number of aliphatic hydroxyl groups is 1. The molecule has 3 fully saturated rings. The molecule has 4 aliphatic heterocycles. The molecule has 0 spiro atoms. The number of carbonyl (C=O) groups excluding carboxylic acids is 2. The highest BCUT2D eigenvalue weighted by Crippen LogP contribution is 2.41. The third-order valence-electron chi connectivity index (χ3n) is 11.4. The van der Waals surface area contributed by atoms with E-state index in [1.165, 1.54) is 0 Å². The quantitative estimate of drug-likeness (QED) is 0.232. The van der Waals surface area contributed by atoms with Crippen LogP contribution in [0.15, 0.2) is 28.5 Å². The van der Waals surface area contributed by atoms with Gasteiger partial charge in [-0.05, 0) is 67.1 Å². The zero-order valence-electron chi connectivity index (χ0n) is 32.9. The lowest BCUT2D eigenvalue weighted by Gasteiger charge is -2.46. The minimum Gasteiger partial charge on any atom is -0.458 e. The summed E-state index contributed by atoms with van der Waals surface area (Å²) in [6.07, 6.45) is -1.76. The van der Waals surface area contributed by atoms with Crippen LogP contribution >= 0.6 is 11.6 Å². The fourth-order valence-corrected chi connectivity index (χ4v) is 8.28. The van der Waals surface area contributed by atoms with E-state index in [0.29, 0.717) is 23.7 Å². The van der Waals surface area contributed by atoms with Gasteiger partial charge in [0.25, 0.3) is 6.02 Å². The molecule has 0 radical (unpaired) electrons. The van der Waals surface area contributed by atoms with E-state index in [0.717, 1.165) is 5.56 Å². The van der Waals surface area contributed by atoms with Gasteiger partial charge in [-0.2, -0.15) is 0 Å². The maximum absolute atomic E-state index is 14.4. The number of carbonyl (C=O) groups is 2. The lowest BCUT2D eigenvalue weighted by atomic mass is 9.75. The van der Waals surface area contributed by atoms with Crippen molar-refractivity contribution in [2.24, 2.45) is 33.6 Å². The van der Waals surface area contributed by atoms with Gasteiger partial charge in [0, 0.05) is 36.1 Å². The molecule has 2 bridgehead atoms. The van der Waals surface area contributed by atoms with Crippen LogP contribution < -0.4 is 5.73 Å². The van der Waals surface area contributed by atoms with Gasteiger partial charge in [0.1, 0.15) is 41.5 Å². The molecule has 1 aromatic heterocycles. The van der Waals surface area contributed by atoms with Crippen LogP contribution in [0.3, 0.4) is 0 Å². The number of ketones is 1. The number of fused-ring (bicyclic) bond motifs is 4. The van der Waals surface area contributed by atoms with E-state index < -0.39 is 71.7 Å². The highest BCUT2D eigenvalue weighted by atomic mass is 35.5. The van der Waals surface area contributed by atoms with Crippen molar-refractivity contribution in [1.82, 2.24) is 9.88 Å². The van der Waals surface area contributed by atoms with Crippen molar-refractivity contribution in [1.29, 1.82) is 0 Å². The number of cyclic esters (lactones) is 1. The Hall–Kier alpha value is -2.92. The summed E-state index contributed by atoms with van der Waals surface area (Å²) in [5.41, 5.74) is 4.90. The zero-order chi connectivity index (χ0) is 39.5. The van der Waals surface area contributed by atoms with E-state index in [4.69, 9.17) is 50.6 Å². The van der Waals surface area contributed by atoms with Crippen molar-refractivity contribution >= 4 is 35.1 Å². The number of amidine groups is 1. The molecule has 16 heteroatoms. The molecule has 15 nitrogen and oxygen atoms in total.